The van der Waals surface area contributed by atoms with Gasteiger partial charge in [0.15, 0.2) is 5.52 Å². The number of nitrogens with one attached hydrogen (secondary N) is 1. The largest absolute Gasteiger partial charge is 0.358 e. The molecule has 0 atom stereocenters. The molecule has 66 valence electrons. The maximum Gasteiger partial charge on any atom is 0.323 e. The monoisotopic (exact) mass is 241 g/mol. The predicted molar refractivity (Wildman–Crippen MR) is 50.4 cm³/mol. The van der Waals surface area contributed by atoms with Gasteiger partial charge in [0.05, 0.1) is 6.07 Å². The first-order valence-corrected chi connectivity index (χ1v) is 4.25. The van der Waals surface area contributed by atoms with Crippen molar-refractivity contribution in [2.45, 2.75) is 0 Å². The Hall–Kier alpha value is -1.43. The van der Waals surface area contributed by atoms with Gasteiger partial charge in [0.25, 0.3) is 0 Å². The lowest BCUT2D eigenvalue weighted by Crippen LogP contribution is -1.85. The molecule has 1 N–H and O–H groups in total. The van der Waals surface area contributed by atoms with Crippen molar-refractivity contribution in [3.05, 3.63) is 32.9 Å². The highest BCUT2D eigenvalue weighted by Gasteiger charge is 2.10. The van der Waals surface area contributed by atoms with Crippen molar-refractivity contribution in [1.29, 1.82) is 0 Å². The standard InChI is InChI=1S/C7H4BrN3O2/c8-4-1-6-5(9-3-4)2-7(10-6)11(12)13/h1-3,10H. The Bertz CT molecular complexity index is 480. The summed E-state index contributed by atoms with van der Waals surface area (Å²) in [6.45, 7) is 0. The van der Waals surface area contributed by atoms with Crippen molar-refractivity contribution in [3.8, 4) is 0 Å². The predicted octanol–water partition coefficient (Wildman–Crippen LogP) is 2.23. The number of aromatic nitrogens is 2. The highest BCUT2D eigenvalue weighted by molar-refractivity contribution is 9.10. The van der Waals surface area contributed by atoms with Gasteiger partial charge in [-0.25, -0.2) is 4.98 Å². The summed E-state index contributed by atoms with van der Waals surface area (Å²) in [6, 6.07) is 3.15. The third-order valence-electron chi connectivity index (χ3n) is 1.62. The molecule has 0 bridgehead atoms. The van der Waals surface area contributed by atoms with Gasteiger partial charge >= 0.3 is 5.82 Å². The molecule has 2 aromatic rings. The second kappa shape index (κ2) is 2.81. The topological polar surface area (TPSA) is 71.8 Å². The molecular formula is C7H4BrN3O2. The number of fused-ring (bicyclic) bond motifs is 1. The molecule has 0 radical (unpaired) electrons. The van der Waals surface area contributed by atoms with E-state index in [0.717, 1.165) is 4.47 Å². The number of rotatable bonds is 1. The first-order valence-electron chi connectivity index (χ1n) is 3.45. The summed E-state index contributed by atoms with van der Waals surface area (Å²) in [4.78, 5) is 16.6. The third-order valence-corrected chi connectivity index (χ3v) is 2.05. The van der Waals surface area contributed by atoms with Crippen LogP contribution in [0, 0.1) is 10.1 Å². The van der Waals surface area contributed by atoms with Crippen molar-refractivity contribution in [2.24, 2.45) is 0 Å². The molecule has 0 saturated carbocycles. The minimum atomic E-state index is -0.477. The first-order chi connectivity index (χ1) is 6.16. The van der Waals surface area contributed by atoms with Crippen LogP contribution in [0.15, 0.2) is 22.8 Å². The van der Waals surface area contributed by atoms with Gasteiger partial charge in [0.2, 0.25) is 0 Å². The molecule has 0 spiro atoms. The van der Waals surface area contributed by atoms with Crippen LogP contribution >= 0.6 is 15.9 Å². The van der Waals surface area contributed by atoms with Crippen molar-refractivity contribution in [2.75, 3.05) is 0 Å². The molecule has 13 heavy (non-hydrogen) atoms. The van der Waals surface area contributed by atoms with Gasteiger partial charge in [-0.05, 0) is 20.9 Å². The summed E-state index contributed by atoms with van der Waals surface area (Å²) in [6.07, 6.45) is 1.60. The maximum absolute atomic E-state index is 10.4. The molecule has 0 aliphatic carbocycles. The Labute approximate surface area is 81.1 Å². The molecule has 0 saturated heterocycles. The summed E-state index contributed by atoms with van der Waals surface area (Å²) in [7, 11) is 0. The van der Waals surface area contributed by atoms with Crippen LogP contribution in [0.5, 0.6) is 0 Å². The van der Waals surface area contributed by atoms with Crippen molar-refractivity contribution >= 4 is 32.8 Å². The zero-order chi connectivity index (χ0) is 9.42. The van der Waals surface area contributed by atoms with E-state index in [1.54, 1.807) is 12.3 Å². The van der Waals surface area contributed by atoms with Crippen LogP contribution in [0.25, 0.3) is 11.0 Å². The number of pyridine rings is 1. The van der Waals surface area contributed by atoms with Crippen LogP contribution in [0.2, 0.25) is 0 Å². The van der Waals surface area contributed by atoms with E-state index in [1.165, 1.54) is 6.07 Å². The molecule has 2 aromatic heterocycles. The quantitative estimate of drug-likeness (QED) is 0.615. The number of hydrogen-bond donors (Lipinski definition) is 1. The lowest BCUT2D eigenvalue weighted by molar-refractivity contribution is -0.389. The molecule has 0 amide bonds. The number of H-pyrrole nitrogens is 1. The summed E-state index contributed by atoms with van der Waals surface area (Å²) in [5, 5.41) is 10.4. The summed E-state index contributed by atoms with van der Waals surface area (Å²) >= 11 is 3.23. The lowest BCUT2D eigenvalue weighted by Gasteiger charge is -1.86. The van der Waals surface area contributed by atoms with Gasteiger partial charge in [-0.2, -0.15) is 0 Å². The number of halogens is 1. The first kappa shape index (κ1) is 8.18. The SMILES string of the molecule is O=[N+]([O-])c1cc2ncc(Br)cc2[nH]1. The molecule has 2 rings (SSSR count). The molecule has 0 aliphatic rings. The zero-order valence-corrected chi connectivity index (χ0v) is 7.91. The summed E-state index contributed by atoms with van der Waals surface area (Å²) < 4.78 is 0.789. The van der Waals surface area contributed by atoms with Crippen LogP contribution in [0.3, 0.4) is 0 Å². The van der Waals surface area contributed by atoms with Gasteiger partial charge in [0, 0.05) is 16.7 Å². The van der Waals surface area contributed by atoms with Gasteiger partial charge in [-0.1, -0.05) is 0 Å². The minimum absolute atomic E-state index is 0.0411. The van der Waals surface area contributed by atoms with Crippen molar-refractivity contribution in [3.63, 3.8) is 0 Å². The molecule has 0 unspecified atom stereocenters. The summed E-state index contributed by atoms with van der Waals surface area (Å²) in [5.74, 6) is -0.0411. The average molecular weight is 242 g/mol. The maximum atomic E-state index is 10.4. The van der Waals surface area contributed by atoms with E-state index in [4.69, 9.17) is 0 Å². The zero-order valence-electron chi connectivity index (χ0n) is 6.32. The van der Waals surface area contributed by atoms with Crippen molar-refractivity contribution in [1.82, 2.24) is 9.97 Å². The number of hydrogen-bond acceptors (Lipinski definition) is 3. The Balaban J connectivity index is 2.68. The van der Waals surface area contributed by atoms with E-state index in [2.05, 4.69) is 25.9 Å². The minimum Gasteiger partial charge on any atom is -0.358 e. The van der Waals surface area contributed by atoms with E-state index in [-0.39, 0.29) is 5.82 Å². The fourth-order valence-electron chi connectivity index (χ4n) is 1.07. The second-order valence-electron chi connectivity index (χ2n) is 2.50. The highest BCUT2D eigenvalue weighted by atomic mass is 79.9. The van der Waals surface area contributed by atoms with Crippen LogP contribution in [-0.2, 0) is 0 Å². The fraction of sp³-hybridized carbons (Fsp3) is 0. The van der Waals surface area contributed by atoms with Crippen LogP contribution in [0.1, 0.15) is 0 Å². The Morgan fingerprint density at radius 2 is 2.31 bits per heavy atom. The van der Waals surface area contributed by atoms with E-state index in [0.29, 0.717) is 11.0 Å². The smallest absolute Gasteiger partial charge is 0.323 e. The van der Waals surface area contributed by atoms with Gasteiger partial charge in [-0.3, -0.25) is 4.98 Å². The summed E-state index contributed by atoms with van der Waals surface area (Å²) in [5.41, 5.74) is 1.25. The molecule has 2 heterocycles. The molecule has 0 aliphatic heterocycles. The van der Waals surface area contributed by atoms with Crippen LogP contribution in [-0.4, -0.2) is 14.9 Å². The van der Waals surface area contributed by atoms with E-state index < -0.39 is 4.92 Å². The molecule has 5 nitrogen and oxygen atoms in total. The number of nitrogens with zero attached hydrogens (tertiary/aromatic N) is 2. The Morgan fingerprint density at radius 3 is 3.00 bits per heavy atom. The van der Waals surface area contributed by atoms with Crippen LogP contribution < -0.4 is 0 Å². The lowest BCUT2D eigenvalue weighted by atomic mass is 10.4. The molecular weight excluding hydrogens is 238 g/mol. The van der Waals surface area contributed by atoms with E-state index in [1.807, 2.05) is 0 Å². The normalized spacial score (nSPS) is 10.5. The Kier molecular flexibility index (Phi) is 1.77. The van der Waals surface area contributed by atoms with Crippen molar-refractivity contribution < 1.29 is 4.92 Å². The molecule has 0 fully saturated rings. The van der Waals surface area contributed by atoms with E-state index >= 15 is 0 Å². The van der Waals surface area contributed by atoms with Gasteiger partial charge in [0.1, 0.15) is 5.52 Å². The van der Waals surface area contributed by atoms with Gasteiger partial charge < -0.3 is 10.1 Å². The van der Waals surface area contributed by atoms with Gasteiger partial charge in [-0.15, -0.1) is 0 Å². The van der Waals surface area contributed by atoms with Crippen LogP contribution in [0.4, 0.5) is 5.82 Å². The number of nitro groups is 1. The molecule has 0 aromatic carbocycles. The second-order valence-corrected chi connectivity index (χ2v) is 3.41. The van der Waals surface area contributed by atoms with E-state index in [9.17, 15) is 10.1 Å². The Morgan fingerprint density at radius 1 is 1.54 bits per heavy atom. The number of aromatic amines is 1. The third kappa shape index (κ3) is 1.40. The highest BCUT2D eigenvalue weighted by Crippen LogP contribution is 2.20. The molecule has 6 heteroatoms. The average Bonchev–Trinajstić information content (AvgIpc) is 2.46. The fourth-order valence-corrected chi connectivity index (χ4v) is 1.40.